The van der Waals surface area contributed by atoms with Crippen LogP contribution in [0.1, 0.15) is 32.3 Å². The molecular weight excluding hydrogens is 662 g/mol. The predicted octanol–water partition coefficient (Wildman–Crippen LogP) is 8.65. The summed E-state index contributed by atoms with van der Waals surface area (Å²) in [5.41, 5.74) is 1.82. The van der Waals surface area contributed by atoms with E-state index < -0.39 is 34.7 Å². The third kappa shape index (κ3) is 9.42. The fourth-order valence-electron chi connectivity index (χ4n) is 4.87. The fourth-order valence-corrected chi connectivity index (χ4v) is 5.89. The molecule has 11 heteroatoms. The quantitative estimate of drug-likeness (QED) is 0.0952. The summed E-state index contributed by atoms with van der Waals surface area (Å²) in [5, 5.41) is 7.11. The van der Waals surface area contributed by atoms with Gasteiger partial charge in [-0.2, -0.15) is 13.2 Å². The van der Waals surface area contributed by atoms with Crippen molar-refractivity contribution in [1.82, 2.24) is 5.32 Å². The number of nitrogens with one attached hydrogen (secondary N) is 3. The second-order valence-electron chi connectivity index (χ2n) is 11.3. The summed E-state index contributed by atoms with van der Waals surface area (Å²) >= 11 is 1.15. The van der Waals surface area contributed by atoms with E-state index in [4.69, 9.17) is 0 Å². The maximum atomic E-state index is 13.6. The molecule has 1 unspecified atom stereocenters. The lowest BCUT2D eigenvalue weighted by atomic mass is 10.1. The van der Waals surface area contributed by atoms with Gasteiger partial charge in [-0.1, -0.05) is 72.8 Å². The van der Waals surface area contributed by atoms with Crippen LogP contribution in [0.15, 0.2) is 144 Å². The van der Waals surface area contributed by atoms with Gasteiger partial charge in [0.05, 0.1) is 11.3 Å². The number of anilines is 3. The van der Waals surface area contributed by atoms with Gasteiger partial charge in [0, 0.05) is 35.9 Å². The second kappa shape index (κ2) is 16.1. The van der Waals surface area contributed by atoms with Crippen LogP contribution in [0.2, 0.25) is 0 Å². The fraction of sp³-hybridized carbons (Fsp3) is 0.103. The lowest BCUT2D eigenvalue weighted by Gasteiger charge is -2.19. The highest BCUT2D eigenvalue weighted by Gasteiger charge is 2.34. The Morgan fingerprint density at radius 1 is 0.720 bits per heavy atom. The average Bonchev–Trinajstić information content (AvgIpc) is 3.11. The van der Waals surface area contributed by atoms with Crippen LogP contribution in [0.5, 0.6) is 0 Å². The van der Waals surface area contributed by atoms with Gasteiger partial charge in [0.25, 0.3) is 11.8 Å². The van der Waals surface area contributed by atoms with Crippen LogP contribution in [0.3, 0.4) is 0 Å². The largest absolute Gasteiger partial charge is 0.418 e. The van der Waals surface area contributed by atoms with Gasteiger partial charge in [-0.25, -0.2) is 0 Å². The van der Waals surface area contributed by atoms with Gasteiger partial charge in [0.15, 0.2) is 0 Å². The third-order valence-electron chi connectivity index (χ3n) is 7.45. The summed E-state index contributed by atoms with van der Waals surface area (Å²) in [6, 6.07) is 36.2. The smallest absolute Gasteiger partial charge is 0.378 e. The number of para-hydroxylation sites is 1. The molecule has 0 aliphatic carbocycles. The van der Waals surface area contributed by atoms with E-state index >= 15 is 0 Å². The molecule has 1 atom stereocenters. The van der Waals surface area contributed by atoms with Gasteiger partial charge in [-0.05, 0) is 77.9 Å². The van der Waals surface area contributed by atoms with Gasteiger partial charge in [-0.15, -0.1) is 11.8 Å². The zero-order valence-electron chi connectivity index (χ0n) is 27.1. The topological polar surface area (TPSA) is 90.5 Å². The molecule has 0 radical (unpaired) electrons. The first kappa shape index (κ1) is 35.5. The normalized spacial score (nSPS) is 12.1. The Morgan fingerprint density at radius 2 is 1.32 bits per heavy atom. The van der Waals surface area contributed by atoms with Crippen molar-refractivity contribution in [2.75, 3.05) is 29.6 Å². The zero-order valence-corrected chi connectivity index (χ0v) is 27.9. The zero-order chi connectivity index (χ0) is 35.7. The molecule has 254 valence electrons. The minimum Gasteiger partial charge on any atom is -0.378 e. The lowest BCUT2D eigenvalue weighted by molar-refractivity contribution is -0.137. The number of amides is 3. The van der Waals surface area contributed by atoms with Crippen LogP contribution in [0, 0.1) is 0 Å². The highest BCUT2D eigenvalue weighted by atomic mass is 32.2. The molecule has 5 aromatic carbocycles. The van der Waals surface area contributed by atoms with Gasteiger partial charge in [0.2, 0.25) is 5.91 Å². The van der Waals surface area contributed by atoms with Crippen molar-refractivity contribution in [1.29, 1.82) is 0 Å². The number of halogens is 3. The van der Waals surface area contributed by atoms with Crippen LogP contribution in [0.25, 0.3) is 6.08 Å². The van der Waals surface area contributed by atoms with Crippen LogP contribution >= 0.6 is 11.8 Å². The van der Waals surface area contributed by atoms with E-state index in [2.05, 4.69) is 16.0 Å². The molecule has 0 saturated carbocycles. The van der Waals surface area contributed by atoms with Crippen molar-refractivity contribution in [3.8, 4) is 0 Å². The monoisotopic (exact) mass is 694 g/mol. The van der Waals surface area contributed by atoms with Crippen LogP contribution in [0.4, 0.5) is 30.2 Å². The molecule has 0 aromatic heterocycles. The minimum atomic E-state index is -4.64. The minimum absolute atomic E-state index is 0.0230. The van der Waals surface area contributed by atoms with Crippen molar-refractivity contribution < 1.29 is 27.6 Å². The number of hydrogen-bond acceptors (Lipinski definition) is 5. The molecule has 0 aliphatic heterocycles. The first-order valence-electron chi connectivity index (χ1n) is 15.4. The molecule has 3 amide bonds. The van der Waals surface area contributed by atoms with Crippen LogP contribution < -0.4 is 20.9 Å². The van der Waals surface area contributed by atoms with Crippen molar-refractivity contribution >= 4 is 52.6 Å². The molecule has 3 N–H and O–H groups in total. The SMILES string of the molecule is CN(C)c1ccc(/C=C(\NC(=O)c2ccccc2)C(=O)Nc2ccc(SC(C(=O)Nc3ccccc3C(F)(F)F)c3ccccc3)cc2)cc1. The molecule has 0 fully saturated rings. The van der Waals surface area contributed by atoms with E-state index in [1.165, 1.54) is 18.2 Å². The number of hydrogen-bond donors (Lipinski definition) is 3. The first-order valence-corrected chi connectivity index (χ1v) is 16.3. The lowest BCUT2D eigenvalue weighted by Crippen LogP contribution is -2.30. The number of nitrogens with zero attached hydrogens (tertiary/aromatic N) is 1. The van der Waals surface area contributed by atoms with E-state index in [0.29, 0.717) is 27.3 Å². The molecular formula is C39H33F3N4O3S. The Bertz CT molecular complexity index is 1970. The predicted molar refractivity (Wildman–Crippen MR) is 193 cm³/mol. The molecule has 0 saturated heterocycles. The van der Waals surface area contributed by atoms with E-state index in [1.807, 2.05) is 43.3 Å². The van der Waals surface area contributed by atoms with Crippen LogP contribution in [-0.4, -0.2) is 31.8 Å². The summed E-state index contributed by atoms with van der Waals surface area (Å²) in [6.07, 6.45) is -3.06. The molecule has 0 heterocycles. The van der Waals surface area contributed by atoms with Crippen LogP contribution in [-0.2, 0) is 15.8 Å². The number of rotatable bonds is 11. The highest BCUT2D eigenvalue weighted by molar-refractivity contribution is 8.00. The Labute approximate surface area is 292 Å². The number of carbonyl (C=O) groups excluding carboxylic acids is 3. The van der Waals surface area contributed by atoms with E-state index in [0.717, 1.165) is 23.5 Å². The summed E-state index contributed by atoms with van der Waals surface area (Å²) in [4.78, 5) is 42.6. The van der Waals surface area contributed by atoms with Crippen molar-refractivity contribution in [2.45, 2.75) is 16.3 Å². The third-order valence-corrected chi connectivity index (χ3v) is 8.71. The molecule has 7 nitrogen and oxygen atoms in total. The average molecular weight is 695 g/mol. The number of carbonyl (C=O) groups is 3. The van der Waals surface area contributed by atoms with Gasteiger partial charge >= 0.3 is 6.18 Å². The molecule has 5 aromatic rings. The van der Waals surface area contributed by atoms with Crippen molar-refractivity contribution in [3.63, 3.8) is 0 Å². The summed E-state index contributed by atoms with van der Waals surface area (Å²) < 4.78 is 40.9. The Kier molecular flexibility index (Phi) is 11.4. The summed E-state index contributed by atoms with van der Waals surface area (Å²) in [7, 11) is 3.84. The van der Waals surface area contributed by atoms with Crippen molar-refractivity contribution in [2.24, 2.45) is 0 Å². The molecule has 0 bridgehead atoms. The Hall–Kier alpha value is -5.81. The number of benzene rings is 5. The van der Waals surface area contributed by atoms with E-state index in [-0.39, 0.29) is 11.4 Å². The molecule has 50 heavy (non-hydrogen) atoms. The van der Waals surface area contributed by atoms with Crippen molar-refractivity contribution in [3.05, 3.63) is 161 Å². The standard InChI is InChI=1S/C39H33F3N4O3S/c1-46(2)30-21-17-26(18-22-30)25-34(45-36(47)28-13-7-4-8-14-28)37(48)43-29-19-23-31(24-20-29)50-35(27-11-5-3-6-12-27)38(49)44-33-16-10-9-15-32(33)39(40,41)42/h3-25,35H,1-2H3,(H,43,48)(H,44,49)(H,45,47)/b34-25-. The van der Waals surface area contributed by atoms with Gasteiger partial charge < -0.3 is 20.9 Å². The number of thioether (sulfide) groups is 1. The summed E-state index contributed by atoms with van der Waals surface area (Å²) in [6.45, 7) is 0. The highest BCUT2D eigenvalue weighted by Crippen LogP contribution is 2.39. The number of alkyl halides is 3. The maximum Gasteiger partial charge on any atom is 0.418 e. The molecule has 0 spiro atoms. The maximum absolute atomic E-state index is 13.6. The molecule has 5 rings (SSSR count). The van der Waals surface area contributed by atoms with Gasteiger partial charge in [-0.3, -0.25) is 14.4 Å². The van der Waals surface area contributed by atoms with Gasteiger partial charge in [0.1, 0.15) is 10.9 Å². The Balaban J connectivity index is 1.35. The Morgan fingerprint density at radius 3 is 1.94 bits per heavy atom. The summed E-state index contributed by atoms with van der Waals surface area (Å²) in [5.74, 6) is -1.64. The second-order valence-corrected chi connectivity index (χ2v) is 12.5. The first-order chi connectivity index (χ1) is 24.0. The molecule has 0 aliphatic rings. The van der Waals surface area contributed by atoms with E-state index in [1.54, 1.807) is 91.0 Å². The van der Waals surface area contributed by atoms with E-state index in [9.17, 15) is 27.6 Å².